The van der Waals surface area contributed by atoms with Crippen molar-refractivity contribution in [1.29, 1.82) is 0 Å². The first-order chi connectivity index (χ1) is 15.5. The minimum Gasteiger partial charge on any atom is -0.351 e. The van der Waals surface area contributed by atoms with Gasteiger partial charge in [0.15, 0.2) is 5.16 Å². The smallest absolute Gasteiger partial charge is 0.273 e. The molecular weight excluding hydrogens is 440 g/mol. The minimum atomic E-state index is -0.115. The van der Waals surface area contributed by atoms with Gasteiger partial charge in [0.2, 0.25) is 5.91 Å². The van der Waals surface area contributed by atoms with Gasteiger partial charge >= 0.3 is 0 Å². The van der Waals surface area contributed by atoms with E-state index in [0.717, 1.165) is 16.7 Å². The maximum Gasteiger partial charge on any atom is 0.273 e. The Balaban J connectivity index is 1.55. The third-order valence-electron chi connectivity index (χ3n) is 5.13. The molecule has 0 saturated carbocycles. The number of carbonyl (C=O) groups is 1. The Kier molecular flexibility index (Phi) is 6.72. The predicted octanol–water partition coefficient (Wildman–Crippen LogP) is 4.57. The summed E-state index contributed by atoms with van der Waals surface area (Å²) < 4.78 is 6.66. The van der Waals surface area contributed by atoms with Crippen molar-refractivity contribution in [2.24, 2.45) is 0 Å². The number of thioether (sulfide) groups is 1. The van der Waals surface area contributed by atoms with Crippen LogP contribution in [0.25, 0.3) is 21.5 Å². The van der Waals surface area contributed by atoms with E-state index < -0.39 is 0 Å². The lowest BCUT2D eigenvalue weighted by atomic mass is 10.1. The number of carbonyl (C=O) groups excluding carboxylic acids is 1. The van der Waals surface area contributed by atoms with Crippen LogP contribution < -0.4 is 10.9 Å². The van der Waals surface area contributed by atoms with E-state index in [1.54, 1.807) is 4.57 Å². The standard InChI is InChI=1S/C24H24N4O2S2/c1-4-28-23(30)22-21(20(27-32-22)18-11-7-16(3)8-12-18)26-24(28)31-14-19(29)25-13-17-9-5-15(2)6-10-17/h5-12H,4,13-14H2,1-3H3,(H,25,29). The number of benzene rings is 2. The zero-order chi connectivity index (χ0) is 22.7. The van der Waals surface area contributed by atoms with Gasteiger partial charge in [0.25, 0.3) is 5.56 Å². The Hall–Kier alpha value is -2.97. The SMILES string of the molecule is CCn1c(SCC(=O)NCc2ccc(C)cc2)nc2c(-c3ccc(C)cc3)nsc2c1=O. The van der Waals surface area contributed by atoms with Crippen LogP contribution in [0.1, 0.15) is 23.6 Å². The molecule has 8 heteroatoms. The van der Waals surface area contributed by atoms with Crippen molar-refractivity contribution in [2.45, 2.75) is 39.0 Å². The highest BCUT2D eigenvalue weighted by molar-refractivity contribution is 7.99. The first kappa shape index (κ1) is 22.2. The molecule has 2 aromatic heterocycles. The van der Waals surface area contributed by atoms with Gasteiger partial charge in [-0.1, -0.05) is 71.4 Å². The van der Waals surface area contributed by atoms with E-state index in [4.69, 9.17) is 4.98 Å². The summed E-state index contributed by atoms with van der Waals surface area (Å²) >= 11 is 2.45. The fraction of sp³-hybridized carbons (Fsp3) is 0.250. The highest BCUT2D eigenvalue weighted by atomic mass is 32.2. The number of rotatable bonds is 7. The average molecular weight is 465 g/mol. The zero-order valence-electron chi connectivity index (χ0n) is 18.2. The monoisotopic (exact) mass is 464 g/mol. The molecular formula is C24H24N4O2S2. The molecule has 1 amide bonds. The van der Waals surface area contributed by atoms with Crippen molar-refractivity contribution >= 4 is 39.4 Å². The van der Waals surface area contributed by atoms with Gasteiger partial charge in [-0.3, -0.25) is 14.2 Å². The molecule has 4 aromatic rings. The lowest BCUT2D eigenvalue weighted by Crippen LogP contribution is -2.26. The molecule has 0 saturated heterocycles. The molecule has 1 N–H and O–H groups in total. The maximum atomic E-state index is 13.0. The van der Waals surface area contributed by atoms with Gasteiger partial charge in [-0.05, 0) is 37.9 Å². The van der Waals surface area contributed by atoms with Crippen LogP contribution in [-0.4, -0.2) is 25.6 Å². The number of nitrogens with zero attached hydrogens (tertiary/aromatic N) is 3. The van der Waals surface area contributed by atoms with Gasteiger partial charge in [-0.15, -0.1) is 0 Å². The van der Waals surface area contributed by atoms with Crippen molar-refractivity contribution in [3.63, 3.8) is 0 Å². The molecule has 2 heterocycles. The van der Waals surface area contributed by atoms with Crippen molar-refractivity contribution in [2.75, 3.05) is 5.75 Å². The Morgan fingerprint density at radius 1 is 1.06 bits per heavy atom. The molecule has 0 spiro atoms. The second-order valence-corrected chi connectivity index (χ2v) is 9.29. The van der Waals surface area contributed by atoms with E-state index in [-0.39, 0.29) is 17.2 Å². The summed E-state index contributed by atoms with van der Waals surface area (Å²) in [6.07, 6.45) is 0. The Bertz CT molecular complexity index is 1310. The van der Waals surface area contributed by atoms with Crippen LogP contribution >= 0.6 is 23.3 Å². The Morgan fingerprint density at radius 3 is 2.38 bits per heavy atom. The quantitative estimate of drug-likeness (QED) is 0.320. The molecule has 2 aromatic carbocycles. The molecule has 0 aliphatic rings. The van der Waals surface area contributed by atoms with E-state index in [1.165, 1.54) is 28.9 Å². The Morgan fingerprint density at radius 2 is 1.72 bits per heavy atom. The van der Waals surface area contributed by atoms with E-state index in [0.29, 0.717) is 34.2 Å². The minimum absolute atomic E-state index is 0.102. The van der Waals surface area contributed by atoms with Crippen LogP contribution in [0.4, 0.5) is 0 Å². The normalized spacial score (nSPS) is 11.1. The third-order valence-corrected chi connectivity index (χ3v) is 6.93. The molecule has 0 unspecified atom stereocenters. The Labute approximate surface area is 194 Å². The van der Waals surface area contributed by atoms with Crippen LogP contribution in [0.3, 0.4) is 0 Å². The van der Waals surface area contributed by atoms with Crippen molar-refractivity contribution in [3.05, 3.63) is 75.6 Å². The fourth-order valence-corrected chi connectivity index (χ4v) is 4.95. The second kappa shape index (κ2) is 9.67. The highest BCUT2D eigenvalue weighted by Crippen LogP contribution is 2.29. The first-order valence-corrected chi connectivity index (χ1v) is 12.1. The lowest BCUT2D eigenvalue weighted by molar-refractivity contribution is -0.118. The van der Waals surface area contributed by atoms with Crippen LogP contribution in [0.5, 0.6) is 0 Å². The van der Waals surface area contributed by atoms with E-state index >= 15 is 0 Å². The molecule has 0 aliphatic carbocycles. The van der Waals surface area contributed by atoms with Gasteiger partial charge in [-0.25, -0.2) is 4.98 Å². The van der Waals surface area contributed by atoms with Gasteiger partial charge < -0.3 is 5.32 Å². The summed E-state index contributed by atoms with van der Waals surface area (Å²) in [6.45, 7) is 6.91. The van der Waals surface area contributed by atoms with E-state index in [2.05, 4.69) is 9.69 Å². The van der Waals surface area contributed by atoms with E-state index in [1.807, 2.05) is 69.3 Å². The molecule has 32 heavy (non-hydrogen) atoms. The molecule has 0 fully saturated rings. The average Bonchev–Trinajstić information content (AvgIpc) is 3.22. The van der Waals surface area contributed by atoms with Gasteiger partial charge in [-0.2, -0.15) is 4.37 Å². The van der Waals surface area contributed by atoms with Gasteiger partial charge in [0.1, 0.15) is 15.9 Å². The highest BCUT2D eigenvalue weighted by Gasteiger charge is 2.18. The first-order valence-electron chi connectivity index (χ1n) is 10.4. The summed E-state index contributed by atoms with van der Waals surface area (Å²) in [5, 5.41) is 3.46. The largest absolute Gasteiger partial charge is 0.351 e. The fourth-order valence-electron chi connectivity index (χ4n) is 3.27. The molecule has 4 rings (SSSR count). The topological polar surface area (TPSA) is 76.9 Å². The summed E-state index contributed by atoms with van der Waals surface area (Å²) in [4.78, 5) is 30.2. The number of amides is 1. The molecule has 6 nitrogen and oxygen atoms in total. The van der Waals surface area contributed by atoms with Crippen LogP contribution in [0.15, 0.2) is 58.5 Å². The second-order valence-electron chi connectivity index (χ2n) is 7.57. The van der Waals surface area contributed by atoms with Crippen molar-refractivity contribution in [3.8, 4) is 11.3 Å². The summed E-state index contributed by atoms with van der Waals surface area (Å²) in [6, 6.07) is 16.1. The molecule has 164 valence electrons. The predicted molar refractivity (Wildman–Crippen MR) is 131 cm³/mol. The number of fused-ring (bicyclic) bond motifs is 1. The van der Waals surface area contributed by atoms with Crippen LogP contribution in [-0.2, 0) is 17.9 Å². The van der Waals surface area contributed by atoms with E-state index in [9.17, 15) is 9.59 Å². The number of hydrogen-bond acceptors (Lipinski definition) is 6. The van der Waals surface area contributed by atoms with Crippen molar-refractivity contribution in [1.82, 2.24) is 19.2 Å². The summed E-state index contributed by atoms with van der Waals surface area (Å²) in [5.74, 6) is 0.0797. The number of nitrogens with one attached hydrogen (secondary N) is 1. The summed E-state index contributed by atoms with van der Waals surface area (Å²) in [7, 11) is 0. The molecule has 0 radical (unpaired) electrons. The number of hydrogen-bond donors (Lipinski definition) is 1. The molecule has 0 atom stereocenters. The van der Waals surface area contributed by atoms with Crippen molar-refractivity contribution < 1.29 is 4.79 Å². The third kappa shape index (κ3) is 4.76. The van der Waals surface area contributed by atoms with Crippen LogP contribution in [0, 0.1) is 13.8 Å². The van der Waals surface area contributed by atoms with Crippen LogP contribution in [0.2, 0.25) is 0 Å². The number of aryl methyl sites for hydroxylation is 2. The molecule has 0 bridgehead atoms. The van der Waals surface area contributed by atoms with Gasteiger partial charge in [0, 0.05) is 18.7 Å². The lowest BCUT2D eigenvalue weighted by Gasteiger charge is -2.10. The zero-order valence-corrected chi connectivity index (χ0v) is 19.8. The maximum absolute atomic E-state index is 13.0. The molecule has 0 aliphatic heterocycles. The summed E-state index contributed by atoms with van der Waals surface area (Å²) in [5.41, 5.74) is 5.49. The number of aromatic nitrogens is 3. The van der Waals surface area contributed by atoms with Gasteiger partial charge in [0.05, 0.1) is 5.75 Å².